The van der Waals surface area contributed by atoms with E-state index in [1.165, 1.54) is 141 Å². The highest BCUT2D eigenvalue weighted by Crippen LogP contribution is 2.14. The summed E-state index contributed by atoms with van der Waals surface area (Å²) in [6.45, 7) is 8.20. The Morgan fingerprint density at radius 3 is 1.61 bits per heavy atom. The van der Waals surface area contributed by atoms with E-state index in [-0.39, 0.29) is 5.91 Å². The molecule has 0 aromatic heterocycles. The van der Waals surface area contributed by atoms with Gasteiger partial charge in [-0.1, -0.05) is 142 Å². The molecule has 0 fully saturated rings. The second-order valence-corrected chi connectivity index (χ2v) is 11.2. The zero-order chi connectivity index (χ0) is 25.9. The van der Waals surface area contributed by atoms with Gasteiger partial charge >= 0.3 is 0 Å². The molecule has 212 valence electrons. The number of amides is 1. The number of nitrogens with zero attached hydrogens (tertiary/aromatic N) is 2. The van der Waals surface area contributed by atoms with Gasteiger partial charge in [0.2, 0.25) is 5.91 Å². The van der Waals surface area contributed by atoms with E-state index in [4.69, 9.17) is 4.99 Å². The van der Waals surface area contributed by atoms with Gasteiger partial charge in [-0.2, -0.15) is 0 Å². The average molecular weight is 506 g/mol. The van der Waals surface area contributed by atoms with E-state index >= 15 is 0 Å². The average Bonchev–Trinajstić information content (AvgIpc) is 3.33. The summed E-state index contributed by atoms with van der Waals surface area (Å²) in [5.41, 5.74) is 0. The maximum Gasteiger partial charge on any atom is 0.220 e. The molecular weight excluding hydrogens is 442 g/mol. The van der Waals surface area contributed by atoms with Gasteiger partial charge in [0.05, 0.1) is 12.4 Å². The molecule has 36 heavy (non-hydrogen) atoms. The van der Waals surface area contributed by atoms with Crippen LogP contribution in [0.2, 0.25) is 0 Å². The highest BCUT2D eigenvalue weighted by atomic mass is 16.1. The molecule has 0 saturated heterocycles. The van der Waals surface area contributed by atoms with E-state index < -0.39 is 0 Å². The summed E-state index contributed by atoms with van der Waals surface area (Å²) < 4.78 is 0. The van der Waals surface area contributed by atoms with E-state index in [0.29, 0.717) is 6.42 Å². The summed E-state index contributed by atoms with van der Waals surface area (Å²) in [5, 5.41) is 3.14. The maximum absolute atomic E-state index is 12.2. The fraction of sp³-hybridized carbons (Fsp3) is 0.938. The van der Waals surface area contributed by atoms with Gasteiger partial charge in [0.15, 0.2) is 0 Å². The van der Waals surface area contributed by atoms with Crippen LogP contribution in [0.5, 0.6) is 0 Å². The molecule has 1 heterocycles. The smallest absolute Gasteiger partial charge is 0.220 e. The topological polar surface area (TPSA) is 44.7 Å². The summed E-state index contributed by atoms with van der Waals surface area (Å²) in [4.78, 5) is 19.3. The standard InChI is InChI=1S/C32H63N3O/c1-3-5-7-9-11-13-15-17-19-21-23-25-31-33-27-29-35(31)30-28-34-32(36)26-24-22-20-18-16-14-12-10-8-6-4-2/h3-30H2,1-2H3,(H,34,36). The second kappa shape index (κ2) is 25.6. The molecule has 4 nitrogen and oxygen atoms in total. The molecule has 1 amide bonds. The molecule has 0 atom stereocenters. The molecule has 0 aromatic rings. The Morgan fingerprint density at radius 1 is 0.667 bits per heavy atom. The number of hydrogen-bond acceptors (Lipinski definition) is 3. The van der Waals surface area contributed by atoms with Crippen molar-refractivity contribution in [2.24, 2.45) is 4.99 Å². The van der Waals surface area contributed by atoms with Crippen molar-refractivity contribution in [3.63, 3.8) is 0 Å². The van der Waals surface area contributed by atoms with Gasteiger partial charge in [-0.3, -0.25) is 9.79 Å². The third kappa shape index (κ3) is 20.0. The van der Waals surface area contributed by atoms with Gasteiger partial charge in [0, 0.05) is 32.5 Å². The predicted molar refractivity (Wildman–Crippen MR) is 159 cm³/mol. The minimum atomic E-state index is 0.231. The number of rotatable bonds is 27. The fourth-order valence-corrected chi connectivity index (χ4v) is 5.32. The summed E-state index contributed by atoms with van der Waals surface area (Å²) in [6.07, 6.45) is 31.7. The van der Waals surface area contributed by atoms with E-state index in [9.17, 15) is 4.79 Å². The minimum absolute atomic E-state index is 0.231. The Labute approximate surface area is 225 Å². The fourth-order valence-electron chi connectivity index (χ4n) is 5.32. The molecule has 0 radical (unpaired) electrons. The molecule has 0 saturated carbocycles. The normalized spacial score (nSPS) is 13.4. The first-order valence-electron chi connectivity index (χ1n) is 16.3. The maximum atomic E-state index is 12.2. The van der Waals surface area contributed by atoms with Crippen LogP contribution in [0.3, 0.4) is 0 Å². The zero-order valence-corrected chi connectivity index (χ0v) is 24.6. The predicted octanol–water partition coefficient (Wildman–Crippen LogP) is 9.22. The first-order valence-corrected chi connectivity index (χ1v) is 16.3. The van der Waals surface area contributed by atoms with Gasteiger partial charge in [0.25, 0.3) is 0 Å². The van der Waals surface area contributed by atoms with Crippen molar-refractivity contribution >= 4 is 11.7 Å². The number of nitrogens with one attached hydrogen (secondary N) is 1. The number of carbonyl (C=O) groups is 1. The summed E-state index contributed by atoms with van der Waals surface area (Å²) in [7, 11) is 0. The molecule has 1 aliphatic heterocycles. The summed E-state index contributed by atoms with van der Waals surface area (Å²) >= 11 is 0. The zero-order valence-electron chi connectivity index (χ0n) is 24.6. The Morgan fingerprint density at radius 2 is 1.11 bits per heavy atom. The number of carbonyl (C=O) groups excluding carboxylic acids is 1. The summed E-state index contributed by atoms with van der Waals surface area (Å²) in [5.74, 6) is 1.51. The largest absolute Gasteiger partial charge is 0.357 e. The van der Waals surface area contributed by atoms with Gasteiger partial charge < -0.3 is 10.2 Å². The van der Waals surface area contributed by atoms with Crippen molar-refractivity contribution in [1.82, 2.24) is 10.2 Å². The molecule has 0 aromatic carbocycles. The van der Waals surface area contributed by atoms with Crippen LogP contribution < -0.4 is 5.32 Å². The van der Waals surface area contributed by atoms with Crippen LogP contribution in [0, 0.1) is 0 Å². The number of amidine groups is 1. The third-order valence-corrected chi connectivity index (χ3v) is 7.74. The third-order valence-electron chi connectivity index (χ3n) is 7.74. The molecule has 0 aliphatic carbocycles. The van der Waals surface area contributed by atoms with Crippen LogP contribution in [-0.2, 0) is 4.79 Å². The van der Waals surface area contributed by atoms with Crippen molar-refractivity contribution in [2.45, 2.75) is 168 Å². The lowest BCUT2D eigenvalue weighted by Crippen LogP contribution is -2.36. The first kappa shape index (κ1) is 33.0. The molecule has 1 N–H and O–H groups in total. The highest BCUT2D eigenvalue weighted by molar-refractivity contribution is 5.83. The summed E-state index contributed by atoms with van der Waals surface area (Å²) in [6, 6.07) is 0. The van der Waals surface area contributed by atoms with Crippen molar-refractivity contribution in [1.29, 1.82) is 0 Å². The second-order valence-electron chi connectivity index (χ2n) is 11.2. The Balaban J connectivity index is 1.90. The van der Waals surface area contributed by atoms with E-state index in [1.807, 2.05) is 0 Å². The Bertz CT molecular complexity index is 520. The monoisotopic (exact) mass is 505 g/mol. The lowest BCUT2D eigenvalue weighted by Gasteiger charge is -2.20. The lowest BCUT2D eigenvalue weighted by molar-refractivity contribution is -0.121. The van der Waals surface area contributed by atoms with Gasteiger partial charge in [-0.05, 0) is 12.8 Å². The number of unbranched alkanes of at least 4 members (excludes halogenated alkanes) is 20. The van der Waals surface area contributed by atoms with Gasteiger partial charge in [-0.25, -0.2) is 0 Å². The highest BCUT2D eigenvalue weighted by Gasteiger charge is 2.16. The van der Waals surface area contributed by atoms with Crippen LogP contribution in [-0.4, -0.2) is 42.8 Å². The number of aliphatic imine (C=N–C) groups is 1. The van der Waals surface area contributed by atoms with Crippen LogP contribution in [0.1, 0.15) is 168 Å². The van der Waals surface area contributed by atoms with Crippen LogP contribution >= 0.6 is 0 Å². The van der Waals surface area contributed by atoms with Crippen molar-refractivity contribution in [3.05, 3.63) is 0 Å². The Hall–Kier alpha value is -1.06. The van der Waals surface area contributed by atoms with Gasteiger partial charge in [-0.15, -0.1) is 0 Å². The molecule has 1 rings (SSSR count). The van der Waals surface area contributed by atoms with E-state index in [1.54, 1.807) is 0 Å². The van der Waals surface area contributed by atoms with Crippen molar-refractivity contribution in [3.8, 4) is 0 Å². The molecule has 4 heteroatoms. The lowest BCUT2D eigenvalue weighted by atomic mass is 10.1. The SMILES string of the molecule is CCCCCCCCCCCCCC(=O)NCCN1CCN=C1CCCCCCCCCCCCC. The molecule has 0 bridgehead atoms. The molecule has 1 aliphatic rings. The first-order chi connectivity index (χ1) is 17.8. The van der Waals surface area contributed by atoms with Crippen LogP contribution in [0.4, 0.5) is 0 Å². The van der Waals surface area contributed by atoms with Crippen LogP contribution in [0.25, 0.3) is 0 Å². The van der Waals surface area contributed by atoms with Crippen molar-refractivity contribution < 1.29 is 4.79 Å². The van der Waals surface area contributed by atoms with E-state index in [2.05, 4.69) is 24.1 Å². The molecule has 0 unspecified atom stereocenters. The molecular formula is C32H63N3O. The van der Waals surface area contributed by atoms with Crippen LogP contribution in [0.15, 0.2) is 4.99 Å². The van der Waals surface area contributed by atoms with E-state index in [0.717, 1.165) is 39.0 Å². The minimum Gasteiger partial charge on any atom is -0.357 e. The van der Waals surface area contributed by atoms with Crippen molar-refractivity contribution in [2.75, 3.05) is 26.2 Å². The molecule has 0 spiro atoms. The quantitative estimate of drug-likeness (QED) is 0.113. The Kier molecular flexibility index (Phi) is 23.4. The number of hydrogen-bond donors (Lipinski definition) is 1. The van der Waals surface area contributed by atoms with Gasteiger partial charge in [0.1, 0.15) is 0 Å².